The molecule has 1 aromatic heterocycles. The SMILES string of the molecule is CCC(O)c1noc(Cc2cccc(F)c2)n1. The van der Waals surface area contributed by atoms with Crippen LogP contribution in [0.25, 0.3) is 0 Å². The van der Waals surface area contributed by atoms with Crippen LogP contribution in [0.2, 0.25) is 0 Å². The molecule has 0 amide bonds. The van der Waals surface area contributed by atoms with E-state index in [0.717, 1.165) is 5.56 Å². The van der Waals surface area contributed by atoms with Gasteiger partial charge in [-0.15, -0.1) is 0 Å². The zero-order valence-electron chi connectivity index (χ0n) is 9.43. The largest absolute Gasteiger partial charge is 0.385 e. The molecule has 1 unspecified atom stereocenters. The number of benzene rings is 1. The van der Waals surface area contributed by atoms with Crippen molar-refractivity contribution in [3.8, 4) is 0 Å². The van der Waals surface area contributed by atoms with Crippen LogP contribution in [0.15, 0.2) is 28.8 Å². The first-order valence-corrected chi connectivity index (χ1v) is 5.44. The Kier molecular flexibility index (Phi) is 3.49. The first kappa shape index (κ1) is 11.7. The number of aliphatic hydroxyl groups is 1. The third-order valence-electron chi connectivity index (χ3n) is 2.41. The van der Waals surface area contributed by atoms with Gasteiger partial charge in [-0.3, -0.25) is 0 Å². The molecule has 0 aliphatic rings. The van der Waals surface area contributed by atoms with Crippen LogP contribution in [0.1, 0.15) is 36.7 Å². The summed E-state index contributed by atoms with van der Waals surface area (Å²) in [7, 11) is 0. The molecule has 1 N–H and O–H groups in total. The molecule has 17 heavy (non-hydrogen) atoms. The first-order chi connectivity index (χ1) is 8.19. The lowest BCUT2D eigenvalue weighted by Crippen LogP contribution is -1.98. The second-order valence-corrected chi connectivity index (χ2v) is 3.78. The van der Waals surface area contributed by atoms with E-state index in [1.165, 1.54) is 12.1 Å². The summed E-state index contributed by atoms with van der Waals surface area (Å²) in [6.45, 7) is 1.83. The van der Waals surface area contributed by atoms with Crippen molar-refractivity contribution in [2.24, 2.45) is 0 Å². The minimum Gasteiger partial charge on any atom is -0.385 e. The Morgan fingerprint density at radius 1 is 1.47 bits per heavy atom. The van der Waals surface area contributed by atoms with Gasteiger partial charge in [0.2, 0.25) is 5.89 Å². The number of aromatic nitrogens is 2. The molecular weight excluding hydrogens is 223 g/mol. The Hall–Kier alpha value is -1.75. The van der Waals surface area contributed by atoms with Crippen LogP contribution in [0.3, 0.4) is 0 Å². The summed E-state index contributed by atoms with van der Waals surface area (Å²) in [4.78, 5) is 4.06. The van der Waals surface area contributed by atoms with Gasteiger partial charge in [0.15, 0.2) is 5.82 Å². The molecule has 0 aliphatic heterocycles. The summed E-state index contributed by atoms with van der Waals surface area (Å²) in [6, 6.07) is 6.20. The number of aliphatic hydroxyl groups excluding tert-OH is 1. The molecule has 4 nitrogen and oxygen atoms in total. The third-order valence-corrected chi connectivity index (χ3v) is 2.41. The zero-order valence-corrected chi connectivity index (χ0v) is 9.43. The fourth-order valence-electron chi connectivity index (χ4n) is 1.48. The predicted molar refractivity (Wildman–Crippen MR) is 58.8 cm³/mol. The van der Waals surface area contributed by atoms with Gasteiger partial charge >= 0.3 is 0 Å². The maximum Gasteiger partial charge on any atom is 0.231 e. The van der Waals surface area contributed by atoms with Crippen molar-refractivity contribution in [3.05, 3.63) is 47.4 Å². The van der Waals surface area contributed by atoms with E-state index in [1.54, 1.807) is 12.1 Å². The van der Waals surface area contributed by atoms with Crippen LogP contribution < -0.4 is 0 Å². The van der Waals surface area contributed by atoms with Crippen LogP contribution in [-0.4, -0.2) is 15.2 Å². The first-order valence-electron chi connectivity index (χ1n) is 5.44. The summed E-state index contributed by atoms with van der Waals surface area (Å²) in [6.07, 6.45) is 0.181. The highest BCUT2D eigenvalue weighted by Crippen LogP contribution is 2.14. The van der Waals surface area contributed by atoms with Crippen LogP contribution >= 0.6 is 0 Å². The van der Waals surface area contributed by atoms with E-state index in [1.807, 2.05) is 6.92 Å². The lowest BCUT2D eigenvalue weighted by atomic mass is 10.1. The second kappa shape index (κ2) is 5.05. The van der Waals surface area contributed by atoms with Gasteiger partial charge in [-0.25, -0.2) is 4.39 Å². The Labute approximate surface area is 98.1 Å². The van der Waals surface area contributed by atoms with E-state index >= 15 is 0 Å². The molecule has 0 spiro atoms. The molecule has 1 heterocycles. The van der Waals surface area contributed by atoms with Crippen molar-refractivity contribution < 1.29 is 14.0 Å². The number of rotatable bonds is 4. The maximum absolute atomic E-state index is 13.0. The van der Waals surface area contributed by atoms with Crippen LogP contribution in [0, 0.1) is 5.82 Å². The van der Waals surface area contributed by atoms with E-state index in [0.29, 0.717) is 18.7 Å². The smallest absolute Gasteiger partial charge is 0.231 e. The topological polar surface area (TPSA) is 59.2 Å². The molecule has 0 bridgehead atoms. The predicted octanol–water partition coefficient (Wildman–Crippen LogP) is 2.24. The molecule has 0 aliphatic carbocycles. The number of hydrogen-bond acceptors (Lipinski definition) is 4. The summed E-state index contributed by atoms with van der Waals surface area (Å²) in [5, 5.41) is 13.2. The van der Waals surface area contributed by atoms with Crippen molar-refractivity contribution in [2.75, 3.05) is 0 Å². The molecule has 1 aromatic carbocycles. The lowest BCUT2D eigenvalue weighted by molar-refractivity contribution is 0.159. The minimum absolute atomic E-state index is 0.277. The van der Waals surface area contributed by atoms with Crippen molar-refractivity contribution in [2.45, 2.75) is 25.9 Å². The number of nitrogens with zero attached hydrogens (tertiary/aromatic N) is 2. The van der Waals surface area contributed by atoms with Gasteiger partial charge in [0.1, 0.15) is 11.9 Å². The molecule has 90 valence electrons. The summed E-state index contributed by atoms with van der Waals surface area (Å²) < 4.78 is 17.9. The quantitative estimate of drug-likeness (QED) is 0.884. The highest BCUT2D eigenvalue weighted by Gasteiger charge is 2.13. The summed E-state index contributed by atoms with van der Waals surface area (Å²) >= 11 is 0. The fraction of sp³-hybridized carbons (Fsp3) is 0.333. The highest BCUT2D eigenvalue weighted by atomic mass is 19.1. The average Bonchev–Trinajstić information content (AvgIpc) is 2.76. The molecule has 5 heteroatoms. The standard InChI is InChI=1S/C12H13FN2O2/c1-2-10(16)12-14-11(17-15-12)7-8-4-3-5-9(13)6-8/h3-6,10,16H,2,7H2,1H3. The van der Waals surface area contributed by atoms with Crippen molar-refractivity contribution >= 4 is 0 Å². The maximum atomic E-state index is 13.0. The number of halogens is 1. The van der Waals surface area contributed by atoms with Gasteiger partial charge in [-0.05, 0) is 24.1 Å². The molecule has 0 saturated carbocycles. The van der Waals surface area contributed by atoms with E-state index in [-0.39, 0.29) is 11.6 Å². The van der Waals surface area contributed by atoms with Crippen molar-refractivity contribution in [1.82, 2.24) is 10.1 Å². The number of hydrogen-bond donors (Lipinski definition) is 1. The van der Waals surface area contributed by atoms with Gasteiger partial charge in [0.05, 0.1) is 6.42 Å². The molecule has 1 atom stereocenters. The van der Waals surface area contributed by atoms with E-state index in [9.17, 15) is 9.50 Å². The van der Waals surface area contributed by atoms with Gasteiger partial charge in [0, 0.05) is 0 Å². The van der Waals surface area contributed by atoms with Gasteiger partial charge in [0.25, 0.3) is 0 Å². The van der Waals surface area contributed by atoms with Crippen LogP contribution in [0.4, 0.5) is 4.39 Å². The van der Waals surface area contributed by atoms with E-state index in [2.05, 4.69) is 10.1 Å². The average molecular weight is 236 g/mol. The second-order valence-electron chi connectivity index (χ2n) is 3.78. The van der Waals surface area contributed by atoms with Gasteiger partial charge < -0.3 is 9.63 Å². The Bertz CT molecular complexity index is 499. The fourth-order valence-corrected chi connectivity index (χ4v) is 1.48. The Morgan fingerprint density at radius 3 is 3.00 bits per heavy atom. The van der Waals surface area contributed by atoms with Crippen molar-refractivity contribution in [3.63, 3.8) is 0 Å². The molecule has 0 saturated heterocycles. The minimum atomic E-state index is -0.708. The van der Waals surface area contributed by atoms with Crippen LogP contribution in [0.5, 0.6) is 0 Å². The lowest BCUT2D eigenvalue weighted by Gasteiger charge is -1.98. The van der Waals surface area contributed by atoms with Gasteiger partial charge in [-0.2, -0.15) is 4.98 Å². The molecular formula is C12H13FN2O2. The molecule has 2 rings (SSSR count). The Morgan fingerprint density at radius 2 is 2.29 bits per heavy atom. The van der Waals surface area contributed by atoms with E-state index < -0.39 is 6.10 Å². The van der Waals surface area contributed by atoms with Crippen LogP contribution in [-0.2, 0) is 6.42 Å². The monoisotopic (exact) mass is 236 g/mol. The van der Waals surface area contributed by atoms with E-state index in [4.69, 9.17) is 4.52 Å². The molecule has 0 radical (unpaired) electrons. The van der Waals surface area contributed by atoms with Crippen molar-refractivity contribution in [1.29, 1.82) is 0 Å². The summed E-state index contributed by atoms with van der Waals surface area (Å²) in [5.41, 5.74) is 0.756. The Balaban J connectivity index is 2.11. The van der Waals surface area contributed by atoms with Gasteiger partial charge in [-0.1, -0.05) is 24.2 Å². The normalized spacial score (nSPS) is 12.6. The third kappa shape index (κ3) is 2.88. The zero-order chi connectivity index (χ0) is 12.3. The highest BCUT2D eigenvalue weighted by molar-refractivity contribution is 5.19. The molecule has 2 aromatic rings. The summed E-state index contributed by atoms with van der Waals surface area (Å²) in [5.74, 6) is 0.354. The molecule has 0 fully saturated rings.